The smallest absolute Gasteiger partial charge is 0.268 e. The van der Waals surface area contributed by atoms with Gasteiger partial charge in [0.2, 0.25) is 0 Å². The minimum Gasteiger partial charge on any atom is -0.357 e. The number of carbonyl (C=O) groups excluding carboxylic acids is 1. The molecule has 0 fully saturated rings. The zero-order valence-corrected chi connectivity index (χ0v) is 11.4. The van der Waals surface area contributed by atoms with Gasteiger partial charge >= 0.3 is 0 Å². The van der Waals surface area contributed by atoms with Crippen LogP contribution < -0.4 is 5.32 Å². The molecule has 0 unspecified atom stereocenters. The van der Waals surface area contributed by atoms with Gasteiger partial charge in [-0.1, -0.05) is 5.21 Å². The highest BCUT2D eigenvalue weighted by molar-refractivity contribution is 7.09. The number of H-pyrrole nitrogens is 2. The van der Waals surface area contributed by atoms with Crippen molar-refractivity contribution in [2.45, 2.75) is 13.5 Å². The summed E-state index contributed by atoms with van der Waals surface area (Å²) in [6.45, 7) is 2.17. The minimum atomic E-state index is -0.229. The second-order valence-electron chi connectivity index (χ2n) is 4.06. The van der Waals surface area contributed by atoms with Crippen molar-refractivity contribution in [3.05, 3.63) is 34.2 Å². The summed E-state index contributed by atoms with van der Waals surface area (Å²) in [6, 6.07) is 1.76. The van der Waals surface area contributed by atoms with Crippen molar-refractivity contribution in [2.24, 2.45) is 0 Å². The molecule has 3 aromatic rings. The largest absolute Gasteiger partial charge is 0.357 e. The number of nitrogens with zero attached hydrogens (tertiary/aromatic N) is 4. The molecule has 3 heterocycles. The Hall–Kier alpha value is -2.55. The molecular formula is C11H11N7OS. The van der Waals surface area contributed by atoms with E-state index in [0.717, 1.165) is 16.3 Å². The highest BCUT2D eigenvalue weighted by Crippen LogP contribution is 2.22. The summed E-state index contributed by atoms with van der Waals surface area (Å²) in [6.07, 6.45) is 1.76. The van der Waals surface area contributed by atoms with Crippen molar-refractivity contribution in [1.29, 1.82) is 0 Å². The standard InChI is InChI=1S/C11H11N7OS/c1-6-14-9(5-20-6)7-2-8(12-3-7)11(19)13-4-10-15-17-18-16-10/h2-3,5,12H,4H2,1H3,(H,13,19)(H,15,16,17,18). The predicted molar refractivity (Wildman–Crippen MR) is 72.0 cm³/mol. The minimum absolute atomic E-state index is 0.222. The molecule has 0 spiro atoms. The van der Waals surface area contributed by atoms with Crippen molar-refractivity contribution >= 4 is 17.2 Å². The number of carbonyl (C=O) groups is 1. The van der Waals surface area contributed by atoms with Gasteiger partial charge in [-0.05, 0) is 13.0 Å². The number of amides is 1. The van der Waals surface area contributed by atoms with Crippen LogP contribution in [0.15, 0.2) is 17.6 Å². The molecule has 0 aliphatic carbocycles. The third-order valence-corrected chi connectivity index (χ3v) is 3.41. The van der Waals surface area contributed by atoms with Crippen molar-refractivity contribution in [2.75, 3.05) is 0 Å². The molecule has 0 aliphatic heterocycles. The molecule has 0 aliphatic rings. The first kappa shape index (κ1) is 12.5. The van der Waals surface area contributed by atoms with Crippen LogP contribution in [-0.4, -0.2) is 36.5 Å². The molecule has 0 radical (unpaired) electrons. The van der Waals surface area contributed by atoms with E-state index in [-0.39, 0.29) is 12.5 Å². The lowest BCUT2D eigenvalue weighted by molar-refractivity contribution is 0.0945. The maximum atomic E-state index is 11.9. The van der Waals surface area contributed by atoms with E-state index in [0.29, 0.717) is 11.5 Å². The van der Waals surface area contributed by atoms with Crippen LogP contribution in [0, 0.1) is 6.92 Å². The number of hydrogen-bond donors (Lipinski definition) is 3. The van der Waals surface area contributed by atoms with Gasteiger partial charge in [-0.2, -0.15) is 5.21 Å². The number of aromatic nitrogens is 6. The van der Waals surface area contributed by atoms with Gasteiger partial charge in [0.15, 0.2) is 5.82 Å². The van der Waals surface area contributed by atoms with Crippen LogP contribution in [0.2, 0.25) is 0 Å². The van der Waals surface area contributed by atoms with E-state index in [2.05, 4.69) is 35.9 Å². The van der Waals surface area contributed by atoms with Crippen LogP contribution in [0.25, 0.3) is 11.3 Å². The molecule has 3 rings (SSSR count). The summed E-state index contributed by atoms with van der Waals surface area (Å²) < 4.78 is 0. The molecule has 0 saturated heterocycles. The summed E-state index contributed by atoms with van der Waals surface area (Å²) in [5.41, 5.74) is 2.22. The van der Waals surface area contributed by atoms with Crippen molar-refractivity contribution in [3.63, 3.8) is 0 Å². The Morgan fingerprint density at radius 1 is 1.50 bits per heavy atom. The lowest BCUT2D eigenvalue weighted by Crippen LogP contribution is -2.23. The number of tetrazole rings is 1. The molecule has 0 aromatic carbocycles. The molecule has 0 atom stereocenters. The fraction of sp³-hybridized carbons (Fsp3) is 0.182. The Bertz CT molecular complexity index is 715. The third-order valence-electron chi connectivity index (χ3n) is 2.64. The molecule has 0 saturated carbocycles. The van der Waals surface area contributed by atoms with E-state index in [9.17, 15) is 4.79 Å². The normalized spacial score (nSPS) is 10.7. The lowest BCUT2D eigenvalue weighted by atomic mass is 10.2. The van der Waals surface area contributed by atoms with E-state index < -0.39 is 0 Å². The van der Waals surface area contributed by atoms with E-state index in [1.54, 1.807) is 23.6 Å². The van der Waals surface area contributed by atoms with E-state index in [1.165, 1.54) is 0 Å². The first-order valence-electron chi connectivity index (χ1n) is 5.84. The molecule has 1 amide bonds. The topological polar surface area (TPSA) is 112 Å². The Labute approximate surface area is 117 Å². The van der Waals surface area contributed by atoms with E-state index >= 15 is 0 Å². The van der Waals surface area contributed by atoms with Gasteiger partial charge in [0.1, 0.15) is 5.69 Å². The predicted octanol–water partition coefficient (Wildman–Crippen LogP) is 0.890. The SMILES string of the molecule is Cc1nc(-c2c[nH]c(C(=O)NCc3nn[nH]n3)c2)cs1. The maximum Gasteiger partial charge on any atom is 0.268 e. The number of aromatic amines is 2. The summed E-state index contributed by atoms with van der Waals surface area (Å²) in [5, 5.41) is 18.9. The average molecular weight is 289 g/mol. The Morgan fingerprint density at radius 2 is 2.40 bits per heavy atom. The van der Waals surface area contributed by atoms with Gasteiger partial charge in [0.05, 0.1) is 17.2 Å². The second kappa shape index (κ2) is 5.21. The van der Waals surface area contributed by atoms with Crippen LogP contribution in [0.5, 0.6) is 0 Å². The van der Waals surface area contributed by atoms with Crippen LogP contribution in [0.1, 0.15) is 21.3 Å². The van der Waals surface area contributed by atoms with Crippen molar-refractivity contribution < 1.29 is 4.79 Å². The van der Waals surface area contributed by atoms with E-state index in [4.69, 9.17) is 0 Å². The lowest BCUT2D eigenvalue weighted by Gasteiger charge is -1.98. The first-order valence-corrected chi connectivity index (χ1v) is 6.72. The number of aryl methyl sites for hydroxylation is 1. The van der Waals surface area contributed by atoms with Crippen molar-refractivity contribution in [1.82, 2.24) is 35.9 Å². The van der Waals surface area contributed by atoms with Crippen LogP contribution in [-0.2, 0) is 6.54 Å². The van der Waals surface area contributed by atoms with Crippen LogP contribution in [0.4, 0.5) is 0 Å². The van der Waals surface area contributed by atoms with Gasteiger partial charge in [-0.15, -0.1) is 21.5 Å². The Morgan fingerprint density at radius 3 is 3.10 bits per heavy atom. The molecule has 3 N–H and O–H groups in total. The monoisotopic (exact) mass is 289 g/mol. The van der Waals surface area contributed by atoms with Gasteiger partial charge in [0.25, 0.3) is 5.91 Å². The molecule has 9 heteroatoms. The summed E-state index contributed by atoms with van der Waals surface area (Å²) >= 11 is 1.57. The van der Waals surface area contributed by atoms with Crippen LogP contribution in [0.3, 0.4) is 0 Å². The fourth-order valence-electron chi connectivity index (χ4n) is 1.68. The Kier molecular flexibility index (Phi) is 3.25. The average Bonchev–Trinajstić information content (AvgIpc) is 3.16. The third kappa shape index (κ3) is 2.57. The highest BCUT2D eigenvalue weighted by atomic mass is 32.1. The number of nitrogens with one attached hydrogen (secondary N) is 3. The quantitative estimate of drug-likeness (QED) is 0.660. The maximum absolute atomic E-state index is 11.9. The first-order chi connectivity index (χ1) is 9.72. The van der Waals surface area contributed by atoms with Gasteiger partial charge in [-0.3, -0.25) is 4.79 Å². The summed E-state index contributed by atoms with van der Waals surface area (Å²) in [7, 11) is 0. The zero-order valence-electron chi connectivity index (χ0n) is 10.5. The van der Waals surface area contributed by atoms with Crippen LogP contribution >= 0.6 is 11.3 Å². The number of hydrogen-bond acceptors (Lipinski definition) is 6. The number of thiazole rings is 1. The number of rotatable bonds is 4. The summed E-state index contributed by atoms with van der Waals surface area (Å²) in [4.78, 5) is 19.2. The molecular weight excluding hydrogens is 278 g/mol. The second-order valence-corrected chi connectivity index (χ2v) is 5.13. The molecule has 0 bridgehead atoms. The highest BCUT2D eigenvalue weighted by Gasteiger charge is 2.11. The van der Waals surface area contributed by atoms with Gasteiger partial charge < -0.3 is 10.3 Å². The molecule has 20 heavy (non-hydrogen) atoms. The van der Waals surface area contributed by atoms with Crippen molar-refractivity contribution in [3.8, 4) is 11.3 Å². The zero-order chi connectivity index (χ0) is 13.9. The van der Waals surface area contributed by atoms with Gasteiger partial charge in [0, 0.05) is 17.1 Å². The van der Waals surface area contributed by atoms with Gasteiger partial charge in [-0.25, -0.2) is 4.98 Å². The molecule has 8 nitrogen and oxygen atoms in total. The fourth-order valence-corrected chi connectivity index (χ4v) is 2.30. The van der Waals surface area contributed by atoms with E-state index in [1.807, 2.05) is 12.3 Å². The molecule has 102 valence electrons. The Balaban J connectivity index is 1.68. The summed E-state index contributed by atoms with van der Waals surface area (Å²) in [5.74, 6) is 0.202. The molecule has 3 aromatic heterocycles.